The van der Waals surface area contributed by atoms with Crippen molar-refractivity contribution in [3.05, 3.63) is 59.7 Å². The minimum absolute atomic E-state index is 0.132. The van der Waals surface area contributed by atoms with Gasteiger partial charge in [0.15, 0.2) is 0 Å². The Morgan fingerprint density at radius 2 is 1.91 bits per heavy atom. The number of nitrogens with one attached hydrogen (secondary N) is 2. The van der Waals surface area contributed by atoms with Gasteiger partial charge in [-0.25, -0.2) is 0 Å². The summed E-state index contributed by atoms with van der Waals surface area (Å²) in [5, 5.41) is 6.21. The summed E-state index contributed by atoms with van der Waals surface area (Å²) in [6, 6.07) is 15.1. The lowest BCUT2D eigenvalue weighted by molar-refractivity contribution is 0.102. The first-order valence-electron chi connectivity index (χ1n) is 8.06. The van der Waals surface area contributed by atoms with Crippen molar-refractivity contribution in [3.8, 4) is 5.75 Å². The molecular weight excluding hydrogens is 288 g/mol. The van der Waals surface area contributed by atoms with Crippen LogP contribution >= 0.6 is 0 Å². The number of hydrogen-bond acceptors (Lipinski definition) is 3. The molecule has 122 valence electrons. The van der Waals surface area contributed by atoms with E-state index in [0.29, 0.717) is 12.2 Å². The Morgan fingerprint density at radius 1 is 1.09 bits per heavy atom. The number of benzene rings is 2. The number of ether oxygens (including phenoxy) is 1. The van der Waals surface area contributed by atoms with Crippen LogP contribution in [-0.4, -0.2) is 19.1 Å². The molecule has 0 saturated heterocycles. The number of carbonyl (C=O) groups is 1. The molecule has 2 N–H and O–H groups in total. The number of carbonyl (C=O) groups excluding carboxylic acids is 1. The van der Waals surface area contributed by atoms with E-state index in [-0.39, 0.29) is 5.91 Å². The lowest BCUT2D eigenvalue weighted by Gasteiger charge is -2.09. The van der Waals surface area contributed by atoms with Crippen LogP contribution in [0.25, 0.3) is 0 Å². The van der Waals surface area contributed by atoms with Gasteiger partial charge in [0.1, 0.15) is 5.75 Å². The van der Waals surface area contributed by atoms with Gasteiger partial charge in [-0.3, -0.25) is 4.79 Å². The molecule has 4 heteroatoms. The van der Waals surface area contributed by atoms with E-state index in [1.807, 2.05) is 36.4 Å². The second-order valence-electron chi connectivity index (χ2n) is 5.31. The van der Waals surface area contributed by atoms with Crippen LogP contribution in [0.3, 0.4) is 0 Å². The fourth-order valence-electron chi connectivity index (χ4n) is 2.18. The molecule has 4 nitrogen and oxygen atoms in total. The Kier molecular flexibility index (Phi) is 6.63. The molecule has 0 radical (unpaired) electrons. The molecule has 1 amide bonds. The first kappa shape index (κ1) is 17.0. The van der Waals surface area contributed by atoms with Gasteiger partial charge in [-0.15, -0.1) is 0 Å². The third-order valence-corrected chi connectivity index (χ3v) is 3.33. The molecule has 0 unspecified atom stereocenters. The van der Waals surface area contributed by atoms with Gasteiger partial charge in [0.05, 0.1) is 6.61 Å². The van der Waals surface area contributed by atoms with Crippen molar-refractivity contribution in [1.29, 1.82) is 0 Å². The number of anilines is 1. The highest BCUT2D eigenvalue weighted by atomic mass is 16.5. The predicted octanol–water partition coefficient (Wildman–Crippen LogP) is 3.84. The van der Waals surface area contributed by atoms with Crippen molar-refractivity contribution in [1.82, 2.24) is 5.32 Å². The summed E-state index contributed by atoms with van der Waals surface area (Å²) in [5.41, 5.74) is 2.53. The summed E-state index contributed by atoms with van der Waals surface area (Å²) in [6.45, 7) is 6.48. The van der Waals surface area contributed by atoms with Crippen LogP contribution in [-0.2, 0) is 6.54 Å². The molecule has 0 spiro atoms. The highest BCUT2D eigenvalue weighted by molar-refractivity contribution is 6.04. The van der Waals surface area contributed by atoms with E-state index in [1.54, 1.807) is 12.1 Å². The highest BCUT2D eigenvalue weighted by Crippen LogP contribution is 2.16. The van der Waals surface area contributed by atoms with Gasteiger partial charge in [0.25, 0.3) is 5.91 Å². The molecule has 0 fully saturated rings. The molecule has 0 aromatic heterocycles. The van der Waals surface area contributed by atoms with Gasteiger partial charge >= 0.3 is 0 Å². The van der Waals surface area contributed by atoms with E-state index in [2.05, 4.69) is 24.5 Å². The van der Waals surface area contributed by atoms with E-state index in [0.717, 1.165) is 36.5 Å². The van der Waals surface area contributed by atoms with Gasteiger partial charge in [-0.1, -0.05) is 32.0 Å². The summed E-state index contributed by atoms with van der Waals surface area (Å²) in [5.74, 6) is 0.591. The number of amides is 1. The normalized spacial score (nSPS) is 10.3. The zero-order valence-electron chi connectivity index (χ0n) is 13.8. The largest absolute Gasteiger partial charge is 0.494 e. The van der Waals surface area contributed by atoms with E-state index < -0.39 is 0 Å². The SMILES string of the molecule is CCCOc1cccc(C(=O)Nc2cccc(CNCC)c2)c1. The maximum atomic E-state index is 12.4. The summed E-state index contributed by atoms with van der Waals surface area (Å²) >= 11 is 0. The summed E-state index contributed by atoms with van der Waals surface area (Å²) < 4.78 is 5.57. The summed E-state index contributed by atoms with van der Waals surface area (Å²) in [6.07, 6.45) is 0.939. The maximum absolute atomic E-state index is 12.4. The standard InChI is InChI=1S/C19H24N2O2/c1-3-11-23-18-10-6-8-16(13-18)19(22)21-17-9-5-7-15(12-17)14-20-4-2/h5-10,12-13,20H,3-4,11,14H2,1-2H3,(H,21,22). The first-order chi connectivity index (χ1) is 11.2. The Hall–Kier alpha value is -2.33. The van der Waals surface area contributed by atoms with Crippen molar-refractivity contribution >= 4 is 11.6 Å². The average Bonchev–Trinajstić information content (AvgIpc) is 2.58. The molecule has 2 aromatic rings. The third-order valence-electron chi connectivity index (χ3n) is 3.33. The molecule has 23 heavy (non-hydrogen) atoms. The van der Waals surface area contributed by atoms with Crippen molar-refractivity contribution in [2.24, 2.45) is 0 Å². The number of rotatable bonds is 8. The van der Waals surface area contributed by atoms with Crippen LogP contribution < -0.4 is 15.4 Å². The zero-order valence-corrected chi connectivity index (χ0v) is 13.8. The Bertz CT molecular complexity index is 641. The fourth-order valence-corrected chi connectivity index (χ4v) is 2.18. The van der Waals surface area contributed by atoms with Crippen molar-refractivity contribution < 1.29 is 9.53 Å². The van der Waals surface area contributed by atoms with Crippen molar-refractivity contribution in [2.45, 2.75) is 26.8 Å². The monoisotopic (exact) mass is 312 g/mol. The second kappa shape index (κ2) is 8.96. The quantitative estimate of drug-likeness (QED) is 0.778. The van der Waals surface area contributed by atoms with Gasteiger partial charge in [-0.2, -0.15) is 0 Å². The molecule has 0 aliphatic rings. The zero-order chi connectivity index (χ0) is 16.5. The van der Waals surface area contributed by atoms with Crippen LogP contribution in [0.15, 0.2) is 48.5 Å². The molecule has 0 saturated carbocycles. The number of hydrogen-bond donors (Lipinski definition) is 2. The Morgan fingerprint density at radius 3 is 2.70 bits per heavy atom. The summed E-state index contributed by atoms with van der Waals surface area (Å²) in [4.78, 5) is 12.4. The van der Waals surface area contributed by atoms with E-state index in [1.165, 1.54) is 0 Å². The van der Waals surface area contributed by atoms with Crippen LogP contribution in [0, 0.1) is 0 Å². The molecule has 0 heterocycles. The van der Waals surface area contributed by atoms with Gasteiger partial charge in [0.2, 0.25) is 0 Å². The van der Waals surface area contributed by atoms with E-state index in [9.17, 15) is 4.79 Å². The molecule has 0 bridgehead atoms. The van der Waals surface area contributed by atoms with Crippen LogP contribution in [0.4, 0.5) is 5.69 Å². The lowest BCUT2D eigenvalue weighted by Crippen LogP contribution is -2.14. The third kappa shape index (κ3) is 5.42. The van der Waals surface area contributed by atoms with E-state index >= 15 is 0 Å². The molecule has 2 rings (SSSR count). The Labute approximate surface area is 137 Å². The van der Waals surface area contributed by atoms with Crippen LogP contribution in [0.2, 0.25) is 0 Å². The smallest absolute Gasteiger partial charge is 0.255 e. The highest BCUT2D eigenvalue weighted by Gasteiger charge is 2.07. The topological polar surface area (TPSA) is 50.4 Å². The second-order valence-corrected chi connectivity index (χ2v) is 5.31. The van der Waals surface area contributed by atoms with Crippen molar-refractivity contribution in [3.63, 3.8) is 0 Å². The first-order valence-corrected chi connectivity index (χ1v) is 8.06. The van der Waals surface area contributed by atoms with Gasteiger partial charge in [0, 0.05) is 17.8 Å². The molecular formula is C19H24N2O2. The molecule has 0 aliphatic carbocycles. The minimum atomic E-state index is -0.132. The minimum Gasteiger partial charge on any atom is -0.494 e. The van der Waals surface area contributed by atoms with Gasteiger partial charge in [-0.05, 0) is 48.9 Å². The van der Waals surface area contributed by atoms with E-state index in [4.69, 9.17) is 4.74 Å². The van der Waals surface area contributed by atoms with Gasteiger partial charge < -0.3 is 15.4 Å². The molecule has 0 atom stereocenters. The Balaban J connectivity index is 2.03. The predicted molar refractivity (Wildman–Crippen MR) is 94.0 cm³/mol. The molecule has 2 aromatic carbocycles. The maximum Gasteiger partial charge on any atom is 0.255 e. The lowest BCUT2D eigenvalue weighted by atomic mass is 10.1. The van der Waals surface area contributed by atoms with Crippen LogP contribution in [0.1, 0.15) is 36.2 Å². The van der Waals surface area contributed by atoms with Crippen LogP contribution in [0.5, 0.6) is 5.75 Å². The molecule has 0 aliphatic heterocycles. The average molecular weight is 312 g/mol. The van der Waals surface area contributed by atoms with Crippen molar-refractivity contribution in [2.75, 3.05) is 18.5 Å². The summed E-state index contributed by atoms with van der Waals surface area (Å²) in [7, 11) is 0. The fraction of sp³-hybridized carbons (Fsp3) is 0.316.